The zero-order valence-electron chi connectivity index (χ0n) is 11.7. The molecular weight excluding hydrogens is 256 g/mol. The van der Waals surface area contributed by atoms with E-state index in [0.29, 0.717) is 31.1 Å². The van der Waals surface area contributed by atoms with Crippen LogP contribution in [0.15, 0.2) is 36.8 Å². The van der Waals surface area contributed by atoms with E-state index >= 15 is 0 Å². The molecule has 0 aliphatic carbocycles. The maximum absolute atomic E-state index is 12.5. The highest BCUT2D eigenvalue weighted by Crippen LogP contribution is 2.16. The molecular formula is C14H18N4O2. The van der Waals surface area contributed by atoms with Gasteiger partial charge in [-0.05, 0) is 25.1 Å². The number of methoxy groups -OCH3 is 1. The number of carbonyl (C=O) groups excluding carboxylic acids is 1. The number of likely N-dealkylation sites (N-methyl/N-ethyl adjacent to an activating group) is 1. The first kappa shape index (κ1) is 14.0. The molecule has 6 heteroatoms. The Labute approximate surface area is 118 Å². The van der Waals surface area contributed by atoms with E-state index < -0.39 is 0 Å². The summed E-state index contributed by atoms with van der Waals surface area (Å²) in [5.41, 5.74) is 0.345. The van der Waals surface area contributed by atoms with Crippen LogP contribution in [0.5, 0.6) is 5.75 Å². The summed E-state index contributed by atoms with van der Waals surface area (Å²) in [6, 6.07) is 5.34. The first-order chi connectivity index (χ1) is 9.76. The second-order valence-electron chi connectivity index (χ2n) is 4.21. The number of aromatic nitrogens is 3. The summed E-state index contributed by atoms with van der Waals surface area (Å²) < 4.78 is 6.98. The Morgan fingerprint density at radius 1 is 1.40 bits per heavy atom. The lowest BCUT2D eigenvalue weighted by Crippen LogP contribution is -2.34. The number of hydrogen-bond donors (Lipinski definition) is 0. The SMILES string of the molecule is CCN(CCn1cccn1)C(=O)c1ncccc1OC. The Bertz CT molecular complexity index is 554. The van der Waals surface area contributed by atoms with Crippen LogP contribution in [-0.4, -0.2) is 45.8 Å². The maximum atomic E-state index is 12.5. The van der Waals surface area contributed by atoms with Crippen molar-refractivity contribution in [3.05, 3.63) is 42.5 Å². The Hall–Kier alpha value is -2.37. The van der Waals surface area contributed by atoms with Crippen molar-refractivity contribution < 1.29 is 9.53 Å². The molecule has 20 heavy (non-hydrogen) atoms. The number of hydrogen-bond acceptors (Lipinski definition) is 4. The Kier molecular flexibility index (Phi) is 4.70. The third-order valence-electron chi connectivity index (χ3n) is 3.02. The monoisotopic (exact) mass is 274 g/mol. The van der Waals surface area contributed by atoms with Crippen molar-refractivity contribution >= 4 is 5.91 Å². The summed E-state index contributed by atoms with van der Waals surface area (Å²) in [4.78, 5) is 18.3. The predicted octanol–water partition coefficient (Wildman–Crippen LogP) is 1.45. The van der Waals surface area contributed by atoms with Gasteiger partial charge in [-0.25, -0.2) is 4.98 Å². The van der Waals surface area contributed by atoms with Crippen LogP contribution in [0.2, 0.25) is 0 Å². The van der Waals surface area contributed by atoms with E-state index in [4.69, 9.17) is 4.74 Å². The lowest BCUT2D eigenvalue weighted by atomic mass is 10.3. The summed E-state index contributed by atoms with van der Waals surface area (Å²) in [6.45, 7) is 3.79. The van der Waals surface area contributed by atoms with Crippen LogP contribution < -0.4 is 4.74 Å². The second kappa shape index (κ2) is 6.70. The standard InChI is InChI=1S/C14H18N4O2/c1-3-17(10-11-18-9-5-8-16-18)14(19)13-12(20-2)6-4-7-15-13/h4-9H,3,10-11H2,1-2H3. The van der Waals surface area contributed by atoms with Crippen molar-refractivity contribution in [3.63, 3.8) is 0 Å². The van der Waals surface area contributed by atoms with E-state index in [9.17, 15) is 4.79 Å². The Morgan fingerprint density at radius 3 is 2.90 bits per heavy atom. The molecule has 2 heterocycles. The van der Waals surface area contributed by atoms with E-state index in [2.05, 4.69) is 10.1 Å². The van der Waals surface area contributed by atoms with Gasteiger partial charge in [-0.3, -0.25) is 9.48 Å². The minimum Gasteiger partial charge on any atom is -0.494 e. The first-order valence-corrected chi connectivity index (χ1v) is 6.52. The number of pyridine rings is 1. The summed E-state index contributed by atoms with van der Waals surface area (Å²) in [5.74, 6) is 0.368. The lowest BCUT2D eigenvalue weighted by molar-refractivity contribution is 0.0747. The largest absolute Gasteiger partial charge is 0.494 e. The van der Waals surface area contributed by atoms with Crippen molar-refractivity contribution in [2.75, 3.05) is 20.2 Å². The molecule has 0 atom stereocenters. The number of ether oxygens (including phenoxy) is 1. The molecule has 1 amide bonds. The molecule has 0 radical (unpaired) electrons. The molecule has 0 N–H and O–H groups in total. The lowest BCUT2D eigenvalue weighted by Gasteiger charge is -2.21. The quantitative estimate of drug-likeness (QED) is 0.800. The minimum absolute atomic E-state index is 0.128. The summed E-state index contributed by atoms with van der Waals surface area (Å²) in [6.07, 6.45) is 5.19. The van der Waals surface area contributed by atoms with Crippen LogP contribution in [0.3, 0.4) is 0 Å². The summed E-state index contributed by atoms with van der Waals surface area (Å²) in [7, 11) is 1.54. The van der Waals surface area contributed by atoms with Crippen LogP contribution in [0.1, 0.15) is 17.4 Å². The number of amides is 1. The van der Waals surface area contributed by atoms with Crippen LogP contribution in [0, 0.1) is 0 Å². The van der Waals surface area contributed by atoms with Gasteiger partial charge in [0.1, 0.15) is 5.75 Å². The van der Waals surface area contributed by atoms with E-state index in [1.54, 1.807) is 34.1 Å². The number of nitrogens with zero attached hydrogens (tertiary/aromatic N) is 4. The molecule has 6 nitrogen and oxygen atoms in total. The third kappa shape index (κ3) is 3.14. The van der Waals surface area contributed by atoms with Crippen LogP contribution >= 0.6 is 0 Å². The van der Waals surface area contributed by atoms with E-state index in [0.717, 1.165) is 0 Å². The van der Waals surface area contributed by atoms with Gasteiger partial charge >= 0.3 is 0 Å². The average Bonchev–Trinajstić information content (AvgIpc) is 3.01. The van der Waals surface area contributed by atoms with Crippen LogP contribution in [0.25, 0.3) is 0 Å². The molecule has 0 saturated heterocycles. The molecule has 2 aromatic rings. The molecule has 2 aromatic heterocycles. The smallest absolute Gasteiger partial charge is 0.276 e. The molecule has 106 valence electrons. The molecule has 2 rings (SSSR count). The Balaban J connectivity index is 2.08. The normalized spacial score (nSPS) is 10.3. The average molecular weight is 274 g/mol. The van der Waals surface area contributed by atoms with Gasteiger partial charge in [-0.1, -0.05) is 0 Å². The molecule has 0 bridgehead atoms. The Morgan fingerprint density at radius 2 is 2.25 bits per heavy atom. The fourth-order valence-corrected chi connectivity index (χ4v) is 1.92. The molecule has 0 aromatic carbocycles. The van der Waals surface area contributed by atoms with Gasteiger partial charge in [0, 0.05) is 31.7 Å². The highest BCUT2D eigenvalue weighted by atomic mass is 16.5. The maximum Gasteiger partial charge on any atom is 0.276 e. The van der Waals surface area contributed by atoms with E-state index in [-0.39, 0.29) is 5.91 Å². The molecule has 0 fully saturated rings. The van der Waals surface area contributed by atoms with Gasteiger partial charge in [0.2, 0.25) is 0 Å². The van der Waals surface area contributed by atoms with Gasteiger partial charge in [-0.15, -0.1) is 0 Å². The topological polar surface area (TPSA) is 60.2 Å². The van der Waals surface area contributed by atoms with Gasteiger partial charge in [0.05, 0.1) is 13.7 Å². The zero-order chi connectivity index (χ0) is 14.4. The van der Waals surface area contributed by atoms with Crippen molar-refractivity contribution in [1.82, 2.24) is 19.7 Å². The van der Waals surface area contributed by atoms with Gasteiger partial charge in [0.25, 0.3) is 5.91 Å². The van der Waals surface area contributed by atoms with Gasteiger partial charge in [0.15, 0.2) is 5.69 Å². The van der Waals surface area contributed by atoms with Gasteiger partial charge in [-0.2, -0.15) is 5.10 Å². The van der Waals surface area contributed by atoms with E-state index in [1.165, 1.54) is 7.11 Å². The second-order valence-corrected chi connectivity index (χ2v) is 4.21. The van der Waals surface area contributed by atoms with Crippen molar-refractivity contribution in [2.45, 2.75) is 13.5 Å². The van der Waals surface area contributed by atoms with Crippen LogP contribution in [-0.2, 0) is 6.54 Å². The third-order valence-corrected chi connectivity index (χ3v) is 3.02. The van der Waals surface area contributed by atoms with Crippen molar-refractivity contribution in [3.8, 4) is 5.75 Å². The molecule has 0 aliphatic rings. The zero-order valence-corrected chi connectivity index (χ0v) is 11.7. The van der Waals surface area contributed by atoms with Crippen molar-refractivity contribution in [1.29, 1.82) is 0 Å². The fraction of sp³-hybridized carbons (Fsp3) is 0.357. The molecule has 0 unspecified atom stereocenters. The molecule has 0 spiro atoms. The van der Waals surface area contributed by atoms with Crippen molar-refractivity contribution in [2.24, 2.45) is 0 Å². The summed E-state index contributed by atoms with van der Waals surface area (Å²) in [5, 5.41) is 4.13. The highest BCUT2D eigenvalue weighted by molar-refractivity contribution is 5.94. The van der Waals surface area contributed by atoms with Gasteiger partial charge < -0.3 is 9.64 Å². The number of rotatable bonds is 6. The number of carbonyl (C=O) groups is 1. The molecule has 0 saturated carbocycles. The minimum atomic E-state index is -0.128. The molecule has 0 aliphatic heterocycles. The van der Waals surface area contributed by atoms with Crippen LogP contribution in [0.4, 0.5) is 0 Å². The van der Waals surface area contributed by atoms with E-state index in [1.807, 2.05) is 19.2 Å². The summed E-state index contributed by atoms with van der Waals surface area (Å²) >= 11 is 0. The first-order valence-electron chi connectivity index (χ1n) is 6.52. The predicted molar refractivity (Wildman–Crippen MR) is 74.6 cm³/mol. The highest BCUT2D eigenvalue weighted by Gasteiger charge is 2.19. The fourth-order valence-electron chi connectivity index (χ4n) is 1.92.